The third-order valence-electron chi connectivity index (χ3n) is 3.92. The molecule has 1 heterocycles. The molecule has 124 valence electrons. The second-order valence-electron chi connectivity index (χ2n) is 5.50. The molecule has 24 heavy (non-hydrogen) atoms. The van der Waals surface area contributed by atoms with E-state index in [4.69, 9.17) is 0 Å². The highest BCUT2D eigenvalue weighted by Crippen LogP contribution is 2.24. The van der Waals surface area contributed by atoms with Crippen LogP contribution in [-0.4, -0.2) is 19.3 Å². The van der Waals surface area contributed by atoms with Crippen molar-refractivity contribution in [3.05, 3.63) is 63.8 Å². The van der Waals surface area contributed by atoms with E-state index in [9.17, 15) is 13.2 Å². The average molecular weight is 407 g/mol. The number of hydrogen-bond donors (Lipinski definition) is 2. The molecule has 0 atom stereocenters. The number of rotatable bonds is 3. The van der Waals surface area contributed by atoms with Gasteiger partial charge in [-0.05, 0) is 65.7 Å². The Bertz CT molecular complexity index is 1050. The zero-order valence-electron chi connectivity index (χ0n) is 13.1. The number of H-pyrrole nitrogens is 1. The maximum absolute atomic E-state index is 12.4. The Morgan fingerprint density at radius 2 is 1.83 bits per heavy atom. The number of nitrogens with one attached hydrogen (secondary N) is 2. The van der Waals surface area contributed by atoms with Gasteiger partial charge in [0, 0.05) is 26.6 Å². The van der Waals surface area contributed by atoms with Crippen molar-refractivity contribution in [2.45, 2.75) is 18.7 Å². The molecule has 0 saturated heterocycles. The normalized spacial score (nSPS) is 11.6. The zero-order valence-corrected chi connectivity index (χ0v) is 15.5. The Kier molecular flexibility index (Phi) is 4.23. The van der Waals surface area contributed by atoms with E-state index in [-0.39, 0.29) is 4.90 Å². The number of benzene rings is 2. The highest BCUT2D eigenvalue weighted by Gasteiger charge is 2.21. The lowest BCUT2D eigenvalue weighted by molar-refractivity contribution is 0.0981. The van der Waals surface area contributed by atoms with Crippen LogP contribution >= 0.6 is 15.9 Å². The number of halogens is 1. The molecule has 1 amide bonds. The number of aryl methyl sites for hydroxylation is 2. The van der Waals surface area contributed by atoms with Gasteiger partial charge >= 0.3 is 0 Å². The van der Waals surface area contributed by atoms with Crippen molar-refractivity contribution in [1.29, 1.82) is 0 Å². The van der Waals surface area contributed by atoms with Crippen molar-refractivity contribution in [2.24, 2.45) is 0 Å². The summed E-state index contributed by atoms with van der Waals surface area (Å²) >= 11 is 3.19. The van der Waals surface area contributed by atoms with Gasteiger partial charge in [0.05, 0.1) is 0 Å². The van der Waals surface area contributed by atoms with Gasteiger partial charge in [-0.2, -0.15) is 0 Å². The van der Waals surface area contributed by atoms with Gasteiger partial charge in [0.1, 0.15) is 4.90 Å². The molecule has 7 heteroatoms. The van der Waals surface area contributed by atoms with Gasteiger partial charge in [-0.3, -0.25) is 4.79 Å². The Morgan fingerprint density at radius 3 is 2.54 bits per heavy atom. The van der Waals surface area contributed by atoms with Crippen LogP contribution in [0.15, 0.2) is 51.8 Å². The molecule has 5 nitrogen and oxygen atoms in total. The molecular formula is C17H15BrN2O3S. The second kappa shape index (κ2) is 6.07. The third kappa shape index (κ3) is 2.97. The number of aromatic amines is 1. The minimum atomic E-state index is -3.95. The van der Waals surface area contributed by atoms with Gasteiger partial charge in [0.15, 0.2) is 0 Å². The predicted octanol–water partition coefficient (Wildman–Crippen LogP) is 3.67. The fourth-order valence-electron chi connectivity index (χ4n) is 2.50. The van der Waals surface area contributed by atoms with Crippen molar-refractivity contribution in [3.8, 4) is 0 Å². The molecular weight excluding hydrogens is 392 g/mol. The van der Waals surface area contributed by atoms with Crippen LogP contribution in [0.5, 0.6) is 0 Å². The molecule has 3 rings (SSSR count). The molecule has 0 aliphatic heterocycles. The van der Waals surface area contributed by atoms with Gasteiger partial charge < -0.3 is 4.98 Å². The molecule has 3 aromatic rings. The Morgan fingerprint density at radius 1 is 1.12 bits per heavy atom. The number of carbonyl (C=O) groups excluding carboxylic acids is 1. The summed E-state index contributed by atoms with van der Waals surface area (Å²) in [6, 6.07) is 11.4. The standard InChI is InChI=1S/C17H15BrN2O3S/c1-10-11(2)19-15-8-7-12(9-13(10)15)17(21)20-24(22,23)16-6-4-3-5-14(16)18/h3-9,19H,1-2H3,(H,20,21). The first-order valence-electron chi connectivity index (χ1n) is 7.20. The quantitative estimate of drug-likeness (QED) is 0.696. The van der Waals surface area contributed by atoms with Gasteiger partial charge in [0.25, 0.3) is 15.9 Å². The zero-order chi connectivity index (χ0) is 17.5. The molecule has 0 unspecified atom stereocenters. The fourth-order valence-corrected chi connectivity index (χ4v) is 4.48. The van der Waals surface area contributed by atoms with E-state index in [1.807, 2.05) is 13.8 Å². The maximum atomic E-state index is 12.4. The van der Waals surface area contributed by atoms with Crippen LogP contribution in [0.25, 0.3) is 10.9 Å². The van der Waals surface area contributed by atoms with Gasteiger partial charge in [-0.1, -0.05) is 12.1 Å². The number of sulfonamides is 1. The van der Waals surface area contributed by atoms with Crippen LogP contribution in [0.2, 0.25) is 0 Å². The molecule has 0 radical (unpaired) electrons. The summed E-state index contributed by atoms with van der Waals surface area (Å²) in [7, 11) is -3.95. The molecule has 1 aromatic heterocycles. The van der Waals surface area contributed by atoms with Crippen molar-refractivity contribution in [3.63, 3.8) is 0 Å². The molecule has 2 N–H and O–H groups in total. The lowest BCUT2D eigenvalue weighted by Gasteiger charge is -2.08. The summed E-state index contributed by atoms with van der Waals surface area (Å²) in [5, 5.41) is 0.901. The van der Waals surface area contributed by atoms with Crippen LogP contribution in [0.3, 0.4) is 0 Å². The largest absolute Gasteiger partial charge is 0.358 e. The van der Waals surface area contributed by atoms with E-state index in [0.717, 1.165) is 22.2 Å². The summed E-state index contributed by atoms with van der Waals surface area (Å²) in [4.78, 5) is 15.6. The molecule has 0 saturated carbocycles. The van der Waals surface area contributed by atoms with E-state index < -0.39 is 15.9 Å². The van der Waals surface area contributed by atoms with E-state index in [1.54, 1.807) is 36.4 Å². The average Bonchev–Trinajstić information content (AvgIpc) is 2.81. The smallest absolute Gasteiger partial charge is 0.265 e. The number of carbonyl (C=O) groups is 1. The van der Waals surface area contributed by atoms with Crippen LogP contribution in [0.1, 0.15) is 21.6 Å². The summed E-state index contributed by atoms with van der Waals surface area (Å²) in [6.07, 6.45) is 0. The first-order valence-corrected chi connectivity index (χ1v) is 9.48. The van der Waals surface area contributed by atoms with Crippen LogP contribution in [0.4, 0.5) is 0 Å². The van der Waals surface area contributed by atoms with Crippen LogP contribution in [0, 0.1) is 13.8 Å². The summed E-state index contributed by atoms with van der Waals surface area (Å²) in [5.41, 5.74) is 3.26. The van der Waals surface area contributed by atoms with Crippen molar-refractivity contribution in [1.82, 2.24) is 9.71 Å². The van der Waals surface area contributed by atoms with Gasteiger partial charge in [0.2, 0.25) is 0 Å². The van der Waals surface area contributed by atoms with E-state index in [2.05, 4.69) is 25.6 Å². The molecule has 0 aliphatic rings. The molecule has 0 aliphatic carbocycles. The minimum Gasteiger partial charge on any atom is -0.358 e. The van der Waals surface area contributed by atoms with Crippen molar-refractivity contribution in [2.75, 3.05) is 0 Å². The number of aromatic nitrogens is 1. The SMILES string of the molecule is Cc1[nH]c2ccc(C(=O)NS(=O)(=O)c3ccccc3Br)cc2c1C. The minimum absolute atomic E-state index is 0.0214. The highest BCUT2D eigenvalue weighted by molar-refractivity contribution is 9.10. The number of hydrogen-bond acceptors (Lipinski definition) is 3. The first kappa shape index (κ1) is 16.7. The number of fused-ring (bicyclic) bond motifs is 1. The molecule has 0 bridgehead atoms. The summed E-state index contributed by atoms with van der Waals surface area (Å²) in [5.74, 6) is -0.661. The maximum Gasteiger partial charge on any atom is 0.265 e. The molecule has 2 aromatic carbocycles. The van der Waals surface area contributed by atoms with E-state index in [0.29, 0.717) is 10.0 Å². The Hall–Kier alpha value is -2.12. The fraction of sp³-hybridized carbons (Fsp3) is 0.118. The summed E-state index contributed by atoms with van der Waals surface area (Å²) in [6.45, 7) is 3.90. The van der Waals surface area contributed by atoms with E-state index >= 15 is 0 Å². The van der Waals surface area contributed by atoms with Crippen LogP contribution < -0.4 is 4.72 Å². The number of amides is 1. The van der Waals surface area contributed by atoms with E-state index in [1.165, 1.54) is 6.07 Å². The van der Waals surface area contributed by atoms with Gasteiger partial charge in [-0.15, -0.1) is 0 Å². The Labute approximate surface area is 148 Å². The lowest BCUT2D eigenvalue weighted by atomic mass is 10.1. The summed E-state index contributed by atoms with van der Waals surface area (Å²) < 4.78 is 27.3. The van der Waals surface area contributed by atoms with Gasteiger partial charge in [-0.25, -0.2) is 13.1 Å². The topological polar surface area (TPSA) is 79.0 Å². The Balaban J connectivity index is 1.95. The molecule has 0 fully saturated rings. The van der Waals surface area contributed by atoms with Crippen molar-refractivity contribution >= 4 is 42.8 Å². The highest BCUT2D eigenvalue weighted by atomic mass is 79.9. The third-order valence-corrected chi connectivity index (χ3v) is 6.27. The predicted molar refractivity (Wildman–Crippen MR) is 96.6 cm³/mol. The monoisotopic (exact) mass is 406 g/mol. The first-order chi connectivity index (χ1) is 11.3. The molecule has 0 spiro atoms. The van der Waals surface area contributed by atoms with Crippen molar-refractivity contribution < 1.29 is 13.2 Å². The van der Waals surface area contributed by atoms with Crippen LogP contribution in [-0.2, 0) is 10.0 Å². The second-order valence-corrected chi connectivity index (χ2v) is 8.01. The lowest BCUT2D eigenvalue weighted by Crippen LogP contribution is -2.30.